The fourth-order valence-electron chi connectivity index (χ4n) is 0.897. The zero-order valence-electron chi connectivity index (χ0n) is 6.54. The van der Waals surface area contributed by atoms with Crippen molar-refractivity contribution in [3.05, 3.63) is 29.3 Å². The van der Waals surface area contributed by atoms with E-state index in [1.807, 2.05) is 0 Å². The summed E-state index contributed by atoms with van der Waals surface area (Å²) in [6.45, 7) is 1.63. The van der Waals surface area contributed by atoms with E-state index in [-0.39, 0.29) is 6.42 Å². The average molecular weight is 169 g/mol. The van der Waals surface area contributed by atoms with Crippen LogP contribution >= 0.6 is 0 Å². The molecule has 4 heteroatoms. The van der Waals surface area contributed by atoms with Gasteiger partial charge in [-0.3, -0.25) is 9.78 Å². The first-order chi connectivity index (χ1) is 5.59. The van der Waals surface area contributed by atoms with Gasteiger partial charge in [-0.2, -0.15) is 0 Å². The largest absolute Gasteiger partial charge is 0.481 e. The maximum atomic E-state index is 12.5. The van der Waals surface area contributed by atoms with Crippen LogP contribution in [0.3, 0.4) is 0 Å². The smallest absolute Gasteiger partial charge is 0.309 e. The van der Waals surface area contributed by atoms with E-state index in [2.05, 4.69) is 4.98 Å². The zero-order valence-corrected chi connectivity index (χ0v) is 6.54. The lowest BCUT2D eigenvalue weighted by Crippen LogP contribution is -2.04. The highest BCUT2D eigenvalue weighted by Crippen LogP contribution is 2.06. The molecule has 0 saturated carbocycles. The zero-order chi connectivity index (χ0) is 9.14. The summed E-state index contributed by atoms with van der Waals surface area (Å²) >= 11 is 0. The number of pyridine rings is 1. The number of carbonyl (C=O) groups is 1. The van der Waals surface area contributed by atoms with E-state index in [0.717, 1.165) is 6.20 Å². The van der Waals surface area contributed by atoms with Crippen molar-refractivity contribution in [1.82, 2.24) is 4.98 Å². The molecule has 0 aliphatic heterocycles. The second kappa shape index (κ2) is 3.30. The molecule has 0 fully saturated rings. The van der Waals surface area contributed by atoms with Crippen molar-refractivity contribution < 1.29 is 14.3 Å². The minimum atomic E-state index is -0.961. The average Bonchev–Trinajstić information content (AvgIpc) is 1.94. The first-order valence-corrected chi connectivity index (χ1v) is 3.42. The summed E-state index contributed by atoms with van der Waals surface area (Å²) in [5, 5.41) is 8.43. The SMILES string of the molecule is Cc1cc(F)cnc1CC(=O)O. The number of aryl methyl sites for hydroxylation is 1. The summed E-state index contributed by atoms with van der Waals surface area (Å²) in [6, 6.07) is 1.27. The highest BCUT2D eigenvalue weighted by atomic mass is 19.1. The van der Waals surface area contributed by atoms with Crippen molar-refractivity contribution >= 4 is 5.97 Å². The van der Waals surface area contributed by atoms with E-state index in [4.69, 9.17) is 5.11 Å². The monoisotopic (exact) mass is 169 g/mol. The third-order valence-corrected chi connectivity index (χ3v) is 1.47. The van der Waals surface area contributed by atoms with Crippen LogP contribution in [-0.2, 0) is 11.2 Å². The molecule has 1 aromatic heterocycles. The number of aromatic nitrogens is 1. The molecule has 0 aromatic carbocycles. The van der Waals surface area contributed by atoms with E-state index < -0.39 is 11.8 Å². The summed E-state index contributed by atoms with van der Waals surface area (Å²) in [5.41, 5.74) is 0.973. The van der Waals surface area contributed by atoms with Gasteiger partial charge < -0.3 is 5.11 Å². The summed E-state index contributed by atoms with van der Waals surface area (Å²) < 4.78 is 12.5. The van der Waals surface area contributed by atoms with Crippen molar-refractivity contribution in [2.75, 3.05) is 0 Å². The summed E-state index contributed by atoms with van der Waals surface area (Å²) in [7, 11) is 0. The molecule has 1 N–H and O–H groups in total. The molecule has 0 aliphatic rings. The third-order valence-electron chi connectivity index (χ3n) is 1.47. The van der Waals surface area contributed by atoms with Gasteiger partial charge in [-0.05, 0) is 18.6 Å². The second-order valence-electron chi connectivity index (χ2n) is 2.49. The van der Waals surface area contributed by atoms with Crippen LogP contribution in [0.4, 0.5) is 4.39 Å². The molecular formula is C8H8FNO2. The second-order valence-corrected chi connectivity index (χ2v) is 2.49. The normalized spacial score (nSPS) is 9.83. The van der Waals surface area contributed by atoms with Gasteiger partial charge in [0.1, 0.15) is 5.82 Å². The van der Waals surface area contributed by atoms with Crippen LogP contribution in [-0.4, -0.2) is 16.1 Å². The van der Waals surface area contributed by atoms with Crippen molar-refractivity contribution in [2.24, 2.45) is 0 Å². The van der Waals surface area contributed by atoms with Gasteiger partial charge in [0.05, 0.1) is 18.3 Å². The molecule has 0 saturated heterocycles. The fourth-order valence-corrected chi connectivity index (χ4v) is 0.897. The Morgan fingerprint density at radius 2 is 2.42 bits per heavy atom. The molecule has 3 nitrogen and oxygen atoms in total. The Hall–Kier alpha value is -1.45. The molecule has 0 radical (unpaired) electrons. The summed E-state index contributed by atoms with van der Waals surface area (Å²) in [5.74, 6) is -1.40. The van der Waals surface area contributed by atoms with Gasteiger partial charge in [0.25, 0.3) is 0 Å². The van der Waals surface area contributed by atoms with E-state index >= 15 is 0 Å². The van der Waals surface area contributed by atoms with E-state index in [9.17, 15) is 9.18 Å². The minimum Gasteiger partial charge on any atom is -0.481 e. The lowest BCUT2D eigenvalue weighted by Gasteiger charge is -2.00. The van der Waals surface area contributed by atoms with Crippen LogP contribution in [0.5, 0.6) is 0 Å². The van der Waals surface area contributed by atoms with Gasteiger partial charge in [0, 0.05) is 0 Å². The number of halogens is 1. The van der Waals surface area contributed by atoms with E-state index in [0.29, 0.717) is 11.3 Å². The number of nitrogens with zero attached hydrogens (tertiary/aromatic N) is 1. The number of hydrogen-bond donors (Lipinski definition) is 1. The molecule has 1 heterocycles. The highest BCUT2D eigenvalue weighted by Gasteiger charge is 2.05. The van der Waals surface area contributed by atoms with E-state index in [1.54, 1.807) is 6.92 Å². The Morgan fingerprint density at radius 1 is 1.75 bits per heavy atom. The quantitative estimate of drug-likeness (QED) is 0.722. The Labute approximate surface area is 68.9 Å². The Kier molecular flexibility index (Phi) is 2.38. The predicted octanol–water partition coefficient (Wildman–Crippen LogP) is 1.16. The number of carboxylic acid groups (broad SMARTS) is 1. The van der Waals surface area contributed by atoms with Crippen LogP contribution in [0.15, 0.2) is 12.3 Å². The van der Waals surface area contributed by atoms with Crippen molar-refractivity contribution in [1.29, 1.82) is 0 Å². The van der Waals surface area contributed by atoms with Gasteiger partial charge in [0.2, 0.25) is 0 Å². The van der Waals surface area contributed by atoms with Crippen molar-refractivity contribution in [3.8, 4) is 0 Å². The van der Waals surface area contributed by atoms with Gasteiger partial charge in [0.15, 0.2) is 0 Å². The topological polar surface area (TPSA) is 50.2 Å². The molecular weight excluding hydrogens is 161 g/mol. The molecule has 0 unspecified atom stereocenters. The molecule has 0 spiro atoms. The molecule has 0 amide bonds. The summed E-state index contributed by atoms with van der Waals surface area (Å²) in [6.07, 6.45) is 0.859. The maximum absolute atomic E-state index is 12.5. The highest BCUT2D eigenvalue weighted by molar-refractivity contribution is 5.69. The lowest BCUT2D eigenvalue weighted by atomic mass is 10.2. The molecule has 0 atom stereocenters. The Bertz CT molecular complexity index is 312. The van der Waals surface area contributed by atoms with Crippen LogP contribution in [0, 0.1) is 12.7 Å². The predicted molar refractivity (Wildman–Crippen MR) is 40.3 cm³/mol. The third kappa shape index (κ3) is 2.02. The number of hydrogen-bond acceptors (Lipinski definition) is 2. The molecule has 0 aliphatic carbocycles. The van der Waals surface area contributed by atoms with Gasteiger partial charge in [-0.15, -0.1) is 0 Å². The Morgan fingerprint density at radius 3 is 2.92 bits per heavy atom. The van der Waals surface area contributed by atoms with Crippen molar-refractivity contribution in [2.45, 2.75) is 13.3 Å². The van der Waals surface area contributed by atoms with Gasteiger partial charge in [-0.1, -0.05) is 0 Å². The number of aliphatic carboxylic acids is 1. The van der Waals surface area contributed by atoms with E-state index in [1.165, 1.54) is 6.07 Å². The number of rotatable bonds is 2. The van der Waals surface area contributed by atoms with Crippen LogP contribution in [0.2, 0.25) is 0 Å². The lowest BCUT2D eigenvalue weighted by molar-refractivity contribution is -0.136. The summed E-state index contributed by atoms with van der Waals surface area (Å²) in [4.78, 5) is 13.9. The Balaban J connectivity index is 2.93. The number of carboxylic acids is 1. The molecule has 12 heavy (non-hydrogen) atoms. The van der Waals surface area contributed by atoms with Crippen LogP contribution < -0.4 is 0 Å². The maximum Gasteiger partial charge on any atom is 0.309 e. The van der Waals surface area contributed by atoms with Crippen LogP contribution in [0.1, 0.15) is 11.3 Å². The fraction of sp³-hybridized carbons (Fsp3) is 0.250. The van der Waals surface area contributed by atoms with Gasteiger partial charge in [-0.25, -0.2) is 4.39 Å². The standard InChI is InChI=1S/C8H8FNO2/c1-5-2-6(9)4-10-7(5)3-8(11)12/h2,4H,3H2,1H3,(H,11,12). The molecule has 1 aromatic rings. The molecule has 64 valence electrons. The molecule has 0 bridgehead atoms. The first-order valence-electron chi connectivity index (χ1n) is 3.42. The molecule has 1 rings (SSSR count). The van der Waals surface area contributed by atoms with Gasteiger partial charge >= 0.3 is 5.97 Å². The first kappa shape index (κ1) is 8.64. The van der Waals surface area contributed by atoms with Crippen LogP contribution in [0.25, 0.3) is 0 Å². The minimum absolute atomic E-state index is 0.161. The van der Waals surface area contributed by atoms with Crippen molar-refractivity contribution in [3.63, 3.8) is 0 Å².